The second kappa shape index (κ2) is 8.39. The summed E-state index contributed by atoms with van der Waals surface area (Å²) >= 11 is 6.01. The van der Waals surface area contributed by atoms with Gasteiger partial charge in [-0.05, 0) is 36.6 Å². The van der Waals surface area contributed by atoms with Crippen LogP contribution in [-0.4, -0.2) is 35.9 Å². The summed E-state index contributed by atoms with van der Waals surface area (Å²) < 4.78 is 0. The van der Waals surface area contributed by atoms with Crippen LogP contribution in [0.3, 0.4) is 0 Å². The van der Waals surface area contributed by atoms with Crippen molar-refractivity contribution in [2.24, 2.45) is 5.92 Å². The summed E-state index contributed by atoms with van der Waals surface area (Å²) in [4.78, 5) is 27.4. The molecule has 0 N–H and O–H groups in total. The third-order valence-electron chi connectivity index (χ3n) is 4.95. The Kier molecular flexibility index (Phi) is 5.96. The van der Waals surface area contributed by atoms with Gasteiger partial charge in [0.05, 0.1) is 4.92 Å². The van der Waals surface area contributed by atoms with Gasteiger partial charge in [-0.2, -0.15) is 0 Å². The Balaban J connectivity index is 1.60. The Hall–Kier alpha value is -2.60. The predicted molar refractivity (Wildman–Crippen MR) is 106 cm³/mol. The molecule has 1 amide bonds. The first-order valence-corrected chi connectivity index (χ1v) is 9.31. The molecule has 6 nitrogen and oxygen atoms in total. The molecule has 1 fully saturated rings. The van der Waals surface area contributed by atoms with Crippen molar-refractivity contribution in [3.05, 3.63) is 69.2 Å². The number of hydrogen-bond donors (Lipinski definition) is 0. The van der Waals surface area contributed by atoms with Crippen molar-refractivity contribution >= 4 is 28.9 Å². The lowest BCUT2D eigenvalue weighted by atomic mass is 9.94. The van der Waals surface area contributed by atoms with Gasteiger partial charge in [-0.15, -0.1) is 0 Å². The molecule has 1 saturated heterocycles. The van der Waals surface area contributed by atoms with Crippen molar-refractivity contribution in [2.75, 3.05) is 25.0 Å². The minimum atomic E-state index is -0.356. The molecule has 0 bridgehead atoms. The highest BCUT2D eigenvalue weighted by Crippen LogP contribution is 2.31. The van der Waals surface area contributed by atoms with Gasteiger partial charge in [0.15, 0.2) is 0 Å². The monoisotopic (exact) mass is 387 g/mol. The second-order valence-electron chi connectivity index (χ2n) is 6.83. The maximum Gasteiger partial charge on any atom is 0.292 e. The third kappa shape index (κ3) is 4.57. The minimum Gasteiger partial charge on any atom is -0.366 e. The van der Waals surface area contributed by atoms with Crippen LogP contribution in [0.1, 0.15) is 18.4 Å². The average Bonchev–Trinajstić information content (AvgIpc) is 2.67. The molecule has 1 aliphatic rings. The molecule has 3 rings (SSSR count). The number of para-hydroxylation sites is 2. The summed E-state index contributed by atoms with van der Waals surface area (Å²) in [7, 11) is 1.80. The van der Waals surface area contributed by atoms with E-state index in [-0.39, 0.29) is 22.4 Å². The number of nitrogens with zero attached hydrogens (tertiary/aromatic N) is 3. The quantitative estimate of drug-likeness (QED) is 0.571. The zero-order valence-electron chi connectivity index (χ0n) is 15.2. The van der Waals surface area contributed by atoms with Crippen molar-refractivity contribution in [3.63, 3.8) is 0 Å². The number of nitro groups is 1. The summed E-state index contributed by atoms with van der Waals surface area (Å²) in [5, 5.41) is 11.9. The van der Waals surface area contributed by atoms with Crippen LogP contribution >= 0.6 is 11.6 Å². The van der Waals surface area contributed by atoms with Crippen molar-refractivity contribution in [2.45, 2.75) is 19.4 Å². The highest BCUT2D eigenvalue weighted by Gasteiger charge is 2.29. The van der Waals surface area contributed by atoms with E-state index in [4.69, 9.17) is 11.6 Å². The van der Waals surface area contributed by atoms with Crippen LogP contribution in [0.5, 0.6) is 0 Å². The van der Waals surface area contributed by atoms with Gasteiger partial charge in [-0.25, -0.2) is 0 Å². The smallest absolute Gasteiger partial charge is 0.292 e. The van der Waals surface area contributed by atoms with E-state index in [0.29, 0.717) is 43.2 Å². The van der Waals surface area contributed by atoms with Crippen molar-refractivity contribution in [3.8, 4) is 0 Å². The first-order chi connectivity index (χ1) is 13.0. The lowest BCUT2D eigenvalue weighted by Crippen LogP contribution is -2.41. The first kappa shape index (κ1) is 19.2. The van der Waals surface area contributed by atoms with Crippen LogP contribution in [0, 0.1) is 16.0 Å². The summed E-state index contributed by atoms with van der Waals surface area (Å²) in [5.41, 5.74) is 1.73. The maximum atomic E-state index is 12.8. The summed E-state index contributed by atoms with van der Waals surface area (Å²) in [6.07, 6.45) is 1.37. The molecule has 1 aliphatic heterocycles. The van der Waals surface area contributed by atoms with Crippen LogP contribution in [0.2, 0.25) is 5.02 Å². The lowest BCUT2D eigenvalue weighted by molar-refractivity contribution is -0.384. The van der Waals surface area contributed by atoms with Crippen LogP contribution in [0.4, 0.5) is 11.4 Å². The van der Waals surface area contributed by atoms with Crippen molar-refractivity contribution in [1.82, 2.24) is 4.90 Å². The number of halogens is 1. The third-order valence-corrected chi connectivity index (χ3v) is 5.18. The van der Waals surface area contributed by atoms with E-state index in [1.54, 1.807) is 30.1 Å². The summed E-state index contributed by atoms with van der Waals surface area (Å²) in [6, 6.07) is 14.3. The molecule has 0 spiro atoms. The molecule has 0 atom stereocenters. The fraction of sp³-hybridized carbons (Fsp3) is 0.350. The molecular formula is C20H22ClN3O3. The van der Waals surface area contributed by atoms with E-state index in [2.05, 4.69) is 0 Å². The van der Waals surface area contributed by atoms with Gasteiger partial charge in [0.2, 0.25) is 5.91 Å². The van der Waals surface area contributed by atoms with Gasteiger partial charge >= 0.3 is 0 Å². The predicted octanol–water partition coefficient (Wildman–Crippen LogP) is 4.12. The van der Waals surface area contributed by atoms with E-state index < -0.39 is 0 Å². The van der Waals surface area contributed by atoms with Crippen LogP contribution in [0.25, 0.3) is 0 Å². The largest absolute Gasteiger partial charge is 0.366 e. The van der Waals surface area contributed by atoms with Gasteiger partial charge in [0.25, 0.3) is 5.69 Å². The van der Waals surface area contributed by atoms with E-state index >= 15 is 0 Å². The van der Waals surface area contributed by atoms with Gasteiger partial charge in [0.1, 0.15) is 5.69 Å². The molecule has 1 heterocycles. The van der Waals surface area contributed by atoms with E-state index in [1.807, 2.05) is 29.2 Å². The Morgan fingerprint density at radius 1 is 1.22 bits per heavy atom. The molecule has 27 heavy (non-hydrogen) atoms. The van der Waals surface area contributed by atoms with Crippen molar-refractivity contribution < 1.29 is 9.72 Å². The number of benzene rings is 2. The molecule has 142 valence electrons. The number of nitro benzene ring substituents is 1. The fourth-order valence-corrected chi connectivity index (χ4v) is 3.76. The number of hydrogen-bond acceptors (Lipinski definition) is 4. The number of carbonyl (C=O) groups excluding carboxylic acids is 1. The van der Waals surface area contributed by atoms with E-state index in [1.165, 1.54) is 6.07 Å². The molecule has 0 radical (unpaired) electrons. The second-order valence-corrected chi connectivity index (χ2v) is 7.27. The Morgan fingerprint density at radius 2 is 1.93 bits per heavy atom. The number of carbonyl (C=O) groups is 1. The standard InChI is InChI=1S/C20H22ClN3O3/c1-22(14-15-5-4-6-17(21)13-15)20(25)16-9-11-23(12-10-16)18-7-2-3-8-19(18)24(26)27/h2-8,13,16H,9-12,14H2,1H3. The van der Waals surface area contributed by atoms with E-state index in [0.717, 1.165) is 5.56 Å². The normalized spacial score (nSPS) is 14.8. The average molecular weight is 388 g/mol. The molecule has 0 aliphatic carbocycles. The summed E-state index contributed by atoms with van der Waals surface area (Å²) in [6.45, 7) is 1.78. The Labute approximate surface area is 163 Å². The van der Waals surface area contributed by atoms with Gasteiger partial charge in [0, 0.05) is 43.7 Å². The lowest BCUT2D eigenvalue weighted by Gasteiger charge is -2.34. The van der Waals surface area contributed by atoms with Crippen molar-refractivity contribution in [1.29, 1.82) is 0 Å². The number of piperidine rings is 1. The van der Waals surface area contributed by atoms with Crippen LogP contribution in [-0.2, 0) is 11.3 Å². The zero-order chi connectivity index (χ0) is 19.4. The summed E-state index contributed by atoms with van der Waals surface area (Å²) in [5.74, 6) is 0.0467. The maximum absolute atomic E-state index is 12.8. The molecular weight excluding hydrogens is 366 g/mol. The van der Waals surface area contributed by atoms with Crippen LogP contribution < -0.4 is 4.90 Å². The molecule has 0 aromatic heterocycles. The molecule has 2 aromatic carbocycles. The number of anilines is 1. The fourth-order valence-electron chi connectivity index (χ4n) is 3.55. The SMILES string of the molecule is CN(Cc1cccc(Cl)c1)C(=O)C1CCN(c2ccccc2[N+](=O)[O-])CC1. The van der Waals surface area contributed by atoms with Gasteiger partial charge < -0.3 is 9.80 Å². The molecule has 2 aromatic rings. The molecule has 0 saturated carbocycles. The van der Waals surface area contributed by atoms with Crippen LogP contribution in [0.15, 0.2) is 48.5 Å². The topological polar surface area (TPSA) is 66.7 Å². The first-order valence-electron chi connectivity index (χ1n) is 8.93. The number of rotatable bonds is 5. The zero-order valence-corrected chi connectivity index (χ0v) is 15.9. The highest BCUT2D eigenvalue weighted by molar-refractivity contribution is 6.30. The van der Waals surface area contributed by atoms with E-state index in [9.17, 15) is 14.9 Å². The minimum absolute atomic E-state index is 0.0618. The Morgan fingerprint density at radius 3 is 2.59 bits per heavy atom. The molecule has 7 heteroatoms. The van der Waals surface area contributed by atoms with Gasteiger partial charge in [-0.3, -0.25) is 14.9 Å². The van der Waals surface area contributed by atoms with Gasteiger partial charge in [-0.1, -0.05) is 35.9 Å². The molecule has 0 unspecified atom stereocenters. The Bertz CT molecular complexity index is 835. The number of amides is 1. The highest BCUT2D eigenvalue weighted by atomic mass is 35.5.